The Labute approximate surface area is 54.7 Å². The molecule has 1 heterocycles. The molecule has 3 N–H and O–H groups in total. The highest BCUT2D eigenvalue weighted by molar-refractivity contribution is 6.19. The highest BCUT2D eigenvalue weighted by Crippen LogP contribution is 2.14. The summed E-state index contributed by atoms with van der Waals surface area (Å²) < 4.78 is 5.04. The van der Waals surface area contributed by atoms with Crippen LogP contribution in [0.25, 0.3) is 0 Å². The Morgan fingerprint density at radius 3 is 2.38 bits per heavy atom. The number of ether oxygens (including phenoxy) is 1. The lowest BCUT2D eigenvalue weighted by molar-refractivity contribution is 0.0680. The Morgan fingerprint density at radius 1 is 1.38 bits per heavy atom. The van der Waals surface area contributed by atoms with E-state index in [1.54, 1.807) is 0 Å². The minimum absolute atomic E-state index is 0. The Morgan fingerprint density at radius 2 is 2.12 bits per heavy atom. The van der Waals surface area contributed by atoms with Gasteiger partial charge in [-0.05, 0) is 19.3 Å². The zero-order chi connectivity index (χ0) is 5.11. The molecule has 1 aliphatic rings. The third-order valence-corrected chi connectivity index (χ3v) is 1.47. The maximum atomic E-state index is 5.59. The minimum atomic E-state index is 0. The van der Waals surface area contributed by atoms with E-state index in [-0.39, 0.29) is 11.7 Å². The number of halogens is 1. The van der Waals surface area contributed by atoms with E-state index in [0.29, 0.717) is 0 Å². The van der Waals surface area contributed by atoms with Gasteiger partial charge in [-0.1, -0.05) is 11.6 Å². The van der Waals surface area contributed by atoms with Crippen molar-refractivity contribution in [1.82, 2.24) is 6.15 Å². The molecule has 0 amide bonds. The molecule has 0 aromatic rings. The molecule has 3 heteroatoms. The lowest BCUT2D eigenvalue weighted by Gasteiger charge is -2.15. The second-order valence-corrected chi connectivity index (χ2v) is 2.26. The molecule has 50 valence electrons. The van der Waals surface area contributed by atoms with Crippen molar-refractivity contribution in [3.8, 4) is 0 Å². The molecule has 1 rings (SSSR count). The third kappa shape index (κ3) is 2.50. The largest absolute Gasteiger partial charge is 0.362 e. The summed E-state index contributed by atoms with van der Waals surface area (Å²) in [6, 6.07) is 0. The Kier molecular flexibility index (Phi) is 4.23. The van der Waals surface area contributed by atoms with Gasteiger partial charge in [0.2, 0.25) is 0 Å². The molecule has 0 aromatic carbocycles. The Balaban J connectivity index is 0.000000490. The summed E-state index contributed by atoms with van der Waals surface area (Å²) in [4.78, 5) is 0. The van der Waals surface area contributed by atoms with Gasteiger partial charge in [-0.2, -0.15) is 0 Å². The van der Waals surface area contributed by atoms with E-state index in [2.05, 4.69) is 0 Å². The van der Waals surface area contributed by atoms with Gasteiger partial charge in [-0.3, -0.25) is 0 Å². The van der Waals surface area contributed by atoms with E-state index >= 15 is 0 Å². The van der Waals surface area contributed by atoms with Crippen molar-refractivity contribution in [3.05, 3.63) is 0 Å². The first-order chi connectivity index (χ1) is 3.39. The van der Waals surface area contributed by atoms with Crippen molar-refractivity contribution in [2.24, 2.45) is 0 Å². The fourth-order valence-electron chi connectivity index (χ4n) is 0.701. The van der Waals surface area contributed by atoms with E-state index in [1.807, 2.05) is 0 Å². The molecule has 0 aromatic heterocycles. The highest BCUT2D eigenvalue weighted by atomic mass is 35.5. The molecule has 0 aliphatic carbocycles. The van der Waals surface area contributed by atoms with Crippen LogP contribution < -0.4 is 6.15 Å². The summed E-state index contributed by atoms with van der Waals surface area (Å²) in [7, 11) is 0. The summed E-state index contributed by atoms with van der Waals surface area (Å²) in [5.41, 5.74) is 0.00810. The van der Waals surface area contributed by atoms with Crippen molar-refractivity contribution in [1.29, 1.82) is 0 Å². The molecule has 0 saturated carbocycles. The van der Waals surface area contributed by atoms with Crippen molar-refractivity contribution in [3.63, 3.8) is 0 Å². The van der Waals surface area contributed by atoms with Crippen LogP contribution in [0, 0.1) is 0 Å². The van der Waals surface area contributed by atoms with E-state index in [0.717, 1.165) is 13.0 Å². The minimum Gasteiger partial charge on any atom is -0.362 e. The normalized spacial score (nSPS) is 28.9. The fraction of sp³-hybridized carbons (Fsp3) is 1.00. The predicted molar refractivity (Wildman–Crippen MR) is 34.5 cm³/mol. The topological polar surface area (TPSA) is 44.2 Å². The van der Waals surface area contributed by atoms with Crippen molar-refractivity contribution in [2.45, 2.75) is 24.8 Å². The number of hydrogen-bond acceptors (Lipinski definition) is 2. The van der Waals surface area contributed by atoms with Gasteiger partial charge in [-0.15, -0.1) is 0 Å². The highest BCUT2D eigenvalue weighted by Gasteiger charge is 2.08. The van der Waals surface area contributed by atoms with E-state index in [4.69, 9.17) is 16.3 Å². The molecular formula is C5H12ClNO. The fourth-order valence-corrected chi connectivity index (χ4v) is 0.945. The standard InChI is InChI=1S/C5H9ClO.H3N/c6-5-3-1-2-4-7-5;/h5H,1-4H2;1H3. The molecule has 1 saturated heterocycles. The molecule has 8 heavy (non-hydrogen) atoms. The van der Waals surface area contributed by atoms with Crippen LogP contribution in [-0.4, -0.2) is 12.2 Å². The van der Waals surface area contributed by atoms with Crippen LogP contribution in [0.3, 0.4) is 0 Å². The van der Waals surface area contributed by atoms with Crippen LogP contribution in [0.5, 0.6) is 0 Å². The smallest absolute Gasteiger partial charge is 0.131 e. The van der Waals surface area contributed by atoms with Gasteiger partial charge in [0.1, 0.15) is 5.56 Å². The molecule has 0 bridgehead atoms. The molecule has 2 nitrogen and oxygen atoms in total. The summed E-state index contributed by atoms with van der Waals surface area (Å²) in [6.45, 7) is 0.855. The third-order valence-electron chi connectivity index (χ3n) is 1.12. The summed E-state index contributed by atoms with van der Waals surface area (Å²) in [6.07, 6.45) is 3.44. The number of rotatable bonds is 0. The first-order valence-corrected chi connectivity index (χ1v) is 3.09. The molecular weight excluding hydrogens is 126 g/mol. The molecule has 1 atom stereocenters. The molecule has 1 fully saturated rings. The monoisotopic (exact) mass is 137 g/mol. The zero-order valence-corrected chi connectivity index (χ0v) is 5.66. The molecule has 0 spiro atoms. The van der Waals surface area contributed by atoms with Crippen LogP contribution in [-0.2, 0) is 4.74 Å². The average molecular weight is 138 g/mol. The first-order valence-electron chi connectivity index (χ1n) is 2.65. The molecule has 1 unspecified atom stereocenters. The molecule has 1 aliphatic heterocycles. The van der Waals surface area contributed by atoms with Gasteiger partial charge >= 0.3 is 0 Å². The average Bonchev–Trinajstić information content (AvgIpc) is 1.69. The predicted octanol–water partition coefficient (Wildman–Crippen LogP) is 1.91. The van der Waals surface area contributed by atoms with Crippen molar-refractivity contribution in [2.75, 3.05) is 6.61 Å². The SMILES string of the molecule is ClC1CCCCO1.N. The summed E-state index contributed by atoms with van der Waals surface area (Å²) >= 11 is 5.59. The van der Waals surface area contributed by atoms with Crippen molar-refractivity contribution >= 4 is 11.6 Å². The first kappa shape index (κ1) is 8.21. The van der Waals surface area contributed by atoms with Crippen LogP contribution in [0.2, 0.25) is 0 Å². The molecule has 0 radical (unpaired) electrons. The van der Waals surface area contributed by atoms with E-state index in [9.17, 15) is 0 Å². The second-order valence-electron chi connectivity index (χ2n) is 1.78. The number of alkyl halides is 1. The maximum Gasteiger partial charge on any atom is 0.131 e. The van der Waals surface area contributed by atoms with Gasteiger partial charge in [0, 0.05) is 6.61 Å². The lowest BCUT2D eigenvalue weighted by atomic mass is 10.2. The van der Waals surface area contributed by atoms with Gasteiger partial charge in [0.15, 0.2) is 0 Å². The maximum absolute atomic E-state index is 5.59. The van der Waals surface area contributed by atoms with E-state index < -0.39 is 0 Å². The van der Waals surface area contributed by atoms with Crippen molar-refractivity contribution < 1.29 is 4.74 Å². The Bertz CT molecular complexity index is 54.4. The van der Waals surface area contributed by atoms with Gasteiger partial charge in [-0.25, -0.2) is 0 Å². The van der Waals surface area contributed by atoms with Crippen LogP contribution in [0.4, 0.5) is 0 Å². The Hall–Kier alpha value is 0.210. The summed E-state index contributed by atoms with van der Waals surface area (Å²) in [5.74, 6) is 0. The lowest BCUT2D eigenvalue weighted by Crippen LogP contribution is -2.11. The van der Waals surface area contributed by atoms with Gasteiger partial charge < -0.3 is 10.9 Å². The zero-order valence-electron chi connectivity index (χ0n) is 4.90. The number of hydrogen-bond donors (Lipinski definition) is 1. The second kappa shape index (κ2) is 4.13. The van der Waals surface area contributed by atoms with Gasteiger partial charge in [0.05, 0.1) is 0 Å². The van der Waals surface area contributed by atoms with Crippen LogP contribution in [0.15, 0.2) is 0 Å². The van der Waals surface area contributed by atoms with Gasteiger partial charge in [0.25, 0.3) is 0 Å². The quantitative estimate of drug-likeness (QED) is 0.519. The van der Waals surface area contributed by atoms with E-state index in [1.165, 1.54) is 12.8 Å². The summed E-state index contributed by atoms with van der Waals surface area (Å²) in [5, 5.41) is 0. The van der Waals surface area contributed by atoms with Crippen LogP contribution >= 0.6 is 11.6 Å². The van der Waals surface area contributed by atoms with Crippen LogP contribution in [0.1, 0.15) is 19.3 Å².